The van der Waals surface area contributed by atoms with Gasteiger partial charge in [0.1, 0.15) is 11.5 Å². The maximum absolute atomic E-state index is 12.5. The highest BCUT2D eigenvalue weighted by atomic mass is 16.5. The third-order valence-corrected chi connectivity index (χ3v) is 3.79. The Balaban J connectivity index is 2.08. The predicted molar refractivity (Wildman–Crippen MR) is 91.7 cm³/mol. The molecule has 1 aromatic heterocycles. The van der Waals surface area contributed by atoms with Gasteiger partial charge in [-0.15, -0.1) is 0 Å². The molecule has 2 aromatic rings. The smallest absolute Gasteiger partial charge is 0.202 e. The molecule has 0 aliphatic carbocycles. The van der Waals surface area contributed by atoms with Crippen molar-refractivity contribution < 1.29 is 14.3 Å². The third kappa shape index (κ3) is 3.95. The molecule has 2 rings (SSSR count). The van der Waals surface area contributed by atoms with E-state index in [2.05, 4.69) is 18.4 Å². The number of rotatable bonds is 7. The molecule has 4 nitrogen and oxygen atoms in total. The van der Waals surface area contributed by atoms with Gasteiger partial charge in [-0.2, -0.15) is 0 Å². The largest absolute Gasteiger partial charge is 0.494 e. The summed E-state index contributed by atoms with van der Waals surface area (Å²) in [5.74, 6) is 1.38. The van der Waals surface area contributed by atoms with Crippen molar-refractivity contribution in [2.75, 3.05) is 13.2 Å². The van der Waals surface area contributed by atoms with Gasteiger partial charge < -0.3 is 14.0 Å². The van der Waals surface area contributed by atoms with Gasteiger partial charge in [-0.3, -0.25) is 4.79 Å². The summed E-state index contributed by atoms with van der Waals surface area (Å²) in [6.07, 6.45) is 0. The highest BCUT2D eigenvalue weighted by Crippen LogP contribution is 2.22. The Hall–Kier alpha value is -2.23. The highest BCUT2D eigenvalue weighted by molar-refractivity contribution is 5.98. The van der Waals surface area contributed by atoms with Crippen LogP contribution in [0.15, 0.2) is 30.3 Å². The summed E-state index contributed by atoms with van der Waals surface area (Å²) in [5, 5.41) is 0. The number of ether oxygens (including phenoxy) is 2. The number of Topliss-reactive ketones (excluding diaryl/α,β-unsaturated/α-hetero) is 1. The average Bonchev–Trinajstić information content (AvgIpc) is 2.80. The summed E-state index contributed by atoms with van der Waals surface area (Å²) in [7, 11) is 0. The van der Waals surface area contributed by atoms with Crippen LogP contribution in [0.5, 0.6) is 11.5 Å². The Morgan fingerprint density at radius 2 is 1.78 bits per heavy atom. The number of hydrogen-bond donors (Lipinski definition) is 0. The first kappa shape index (κ1) is 17.1. The van der Waals surface area contributed by atoms with Gasteiger partial charge in [-0.05, 0) is 52.8 Å². The zero-order chi connectivity index (χ0) is 17.0. The molecule has 0 bridgehead atoms. The molecule has 0 unspecified atom stereocenters. The van der Waals surface area contributed by atoms with Crippen LogP contribution in [0.1, 0.15) is 48.6 Å². The zero-order valence-electron chi connectivity index (χ0n) is 14.6. The summed E-state index contributed by atoms with van der Waals surface area (Å²) in [6.45, 7) is 10.8. The third-order valence-electron chi connectivity index (χ3n) is 3.79. The predicted octanol–water partition coefficient (Wildman–Crippen LogP) is 4.35. The molecule has 0 N–H and O–H groups in total. The summed E-state index contributed by atoms with van der Waals surface area (Å²) in [5.41, 5.74) is 2.82. The number of aryl methyl sites for hydroxylation is 1. The van der Waals surface area contributed by atoms with Gasteiger partial charge in [0.05, 0.1) is 6.61 Å². The molecule has 1 heterocycles. The molecular weight excluding hydrogens is 290 g/mol. The number of carbonyl (C=O) groups excluding carboxylic acids is 1. The van der Waals surface area contributed by atoms with Crippen molar-refractivity contribution in [1.82, 2.24) is 4.57 Å². The fraction of sp³-hybridized carbons (Fsp3) is 0.421. The van der Waals surface area contributed by atoms with Gasteiger partial charge in [0, 0.05) is 29.1 Å². The second kappa shape index (κ2) is 7.36. The molecule has 0 aliphatic rings. The van der Waals surface area contributed by atoms with Crippen LogP contribution >= 0.6 is 0 Å². The van der Waals surface area contributed by atoms with E-state index in [9.17, 15) is 4.79 Å². The van der Waals surface area contributed by atoms with Crippen molar-refractivity contribution >= 4 is 5.78 Å². The number of carbonyl (C=O) groups is 1. The van der Waals surface area contributed by atoms with E-state index in [1.54, 1.807) is 6.07 Å². The second-order valence-corrected chi connectivity index (χ2v) is 5.87. The minimum Gasteiger partial charge on any atom is -0.494 e. The van der Waals surface area contributed by atoms with Gasteiger partial charge >= 0.3 is 0 Å². The molecule has 1 aromatic carbocycles. The van der Waals surface area contributed by atoms with E-state index in [1.165, 1.54) is 0 Å². The minimum atomic E-state index is -0.00758. The van der Waals surface area contributed by atoms with Gasteiger partial charge in [-0.1, -0.05) is 6.07 Å². The highest BCUT2D eigenvalue weighted by Gasteiger charge is 2.17. The van der Waals surface area contributed by atoms with Crippen LogP contribution in [0.25, 0.3) is 0 Å². The first-order valence-electron chi connectivity index (χ1n) is 8.01. The maximum atomic E-state index is 12.5. The molecule has 0 atom stereocenters. The molecule has 0 saturated heterocycles. The van der Waals surface area contributed by atoms with E-state index in [1.807, 2.05) is 45.0 Å². The normalized spacial score (nSPS) is 10.9. The monoisotopic (exact) mass is 315 g/mol. The van der Waals surface area contributed by atoms with E-state index in [-0.39, 0.29) is 12.4 Å². The lowest BCUT2D eigenvalue weighted by Crippen LogP contribution is -2.13. The molecule has 0 radical (unpaired) electrons. The van der Waals surface area contributed by atoms with Crippen LogP contribution in [0, 0.1) is 13.8 Å². The molecule has 0 amide bonds. The topological polar surface area (TPSA) is 40.5 Å². The minimum absolute atomic E-state index is 0.00758. The zero-order valence-corrected chi connectivity index (χ0v) is 14.6. The van der Waals surface area contributed by atoms with Gasteiger partial charge in [0.25, 0.3) is 0 Å². The van der Waals surface area contributed by atoms with E-state index in [0.717, 1.165) is 22.7 Å². The summed E-state index contributed by atoms with van der Waals surface area (Å²) in [4.78, 5) is 12.5. The Morgan fingerprint density at radius 3 is 2.35 bits per heavy atom. The van der Waals surface area contributed by atoms with Crippen molar-refractivity contribution in [3.05, 3.63) is 47.3 Å². The summed E-state index contributed by atoms with van der Waals surface area (Å²) >= 11 is 0. The number of nitrogens with zero attached hydrogens (tertiary/aromatic N) is 1. The molecule has 0 spiro atoms. The maximum Gasteiger partial charge on any atom is 0.202 e. The molecule has 0 saturated carbocycles. The number of hydrogen-bond acceptors (Lipinski definition) is 3. The van der Waals surface area contributed by atoms with Crippen molar-refractivity contribution in [3.63, 3.8) is 0 Å². The lowest BCUT2D eigenvalue weighted by molar-refractivity contribution is 0.0920. The fourth-order valence-electron chi connectivity index (χ4n) is 2.90. The molecular formula is C19H25NO3. The van der Waals surface area contributed by atoms with Crippen molar-refractivity contribution in [2.24, 2.45) is 0 Å². The Bertz CT molecular complexity index is 686. The number of aromatic nitrogens is 1. The SMILES string of the molecule is CCOc1cccc(OCC(=O)c2cc(C)n(C(C)C)c2C)c1. The molecule has 0 fully saturated rings. The van der Waals surface area contributed by atoms with Gasteiger partial charge in [-0.25, -0.2) is 0 Å². The number of ketones is 1. The number of benzene rings is 1. The Morgan fingerprint density at radius 1 is 1.13 bits per heavy atom. The Kier molecular flexibility index (Phi) is 5.48. The first-order valence-corrected chi connectivity index (χ1v) is 8.01. The first-order chi connectivity index (χ1) is 10.9. The quantitative estimate of drug-likeness (QED) is 0.713. The molecule has 124 valence electrons. The van der Waals surface area contributed by atoms with E-state index in [0.29, 0.717) is 18.4 Å². The average molecular weight is 315 g/mol. The van der Waals surface area contributed by atoms with Crippen molar-refractivity contribution in [2.45, 2.75) is 40.7 Å². The molecule has 23 heavy (non-hydrogen) atoms. The summed E-state index contributed by atoms with van der Waals surface area (Å²) < 4.78 is 13.2. The van der Waals surface area contributed by atoms with E-state index >= 15 is 0 Å². The van der Waals surface area contributed by atoms with Gasteiger partial charge in [0.2, 0.25) is 5.78 Å². The molecule has 4 heteroatoms. The van der Waals surface area contributed by atoms with Crippen LogP contribution in [-0.2, 0) is 0 Å². The van der Waals surface area contributed by atoms with Crippen LogP contribution in [0.3, 0.4) is 0 Å². The molecule has 0 aliphatic heterocycles. The van der Waals surface area contributed by atoms with E-state index in [4.69, 9.17) is 9.47 Å². The van der Waals surface area contributed by atoms with Gasteiger partial charge in [0.15, 0.2) is 6.61 Å². The van der Waals surface area contributed by atoms with Crippen LogP contribution < -0.4 is 9.47 Å². The lowest BCUT2D eigenvalue weighted by atomic mass is 10.1. The van der Waals surface area contributed by atoms with Crippen molar-refractivity contribution in [1.29, 1.82) is 0 Å². The standard InChI is InChI=1S/C19H25NO3/c1-6-22-16-8-7-9-17(11-16)23-12-19(21)18-10-14(4)20(13(2)3)15(18)5/h7-11,13H,6,12H2,1-5H3. The van der Waals surface area contributed by atoms with Crippen LogP contribution in [0.2, 0.25) is 0 Å². The van der Waals surface area contributed by atoms with Crippen LogP contribution in [-0.4, -0.2) is 23.6 Å². The summed E-state index contributed by atoms with van der Waals surface area (Å²) in [6, 6.07) is 9.63. The Labute approximate surface area is 138 Å². The lowest BCUT2D eigenvalue weighted by Gasteiger charge is -2.13. The second-order valence-electron chi connectivity index (χ2n) is 5.87. The van der Waals surface area contributed by atoms with E-state index < -0.39 is 0 Å². The van der Waals surface area contributed by atoms with Crippen LogP contribution in [0.4, 0.5) is 0 Å². The fourth-order valence-corrected chi connectivity index (χ4v) is 2.90. The van der Waals surface area contributed by atoms with Crippen molar-refractivity contribution in [3.8, 4) is 11.5 Å².